The summed E-state index contributed by atoms with van der Waals surface area (Å²) in [5.41, 5.74) is -0.0319. The number of carbonyl (C=O) groups is 2. The molecule has 1 fully saturated rings. The first-order chi connectivity index (χ1) is 10.5. The van der Waals surface area contributed by atoms with Crippen molar-refractivity contribution in [1.82, 2.24) is 4.90 Å². The third kappa shape index (κ3) is 3.44. The van der Waals surface area contributed by atoms with Gasteiger partial charge in [-0.25, -0.2) is 0 Å². The molecule has 2 rings (SSSR count). The number of rotatable bonds is 4. The lowest BCUT2D eigenvalue weighted by Gasteiger charge is -2.22. The van der Waals surface area contributed by atoms with Crippen LogP contribution < -0.4 is 5.32 Å². The minimum Gasteiger partial charge on any atom is -0.339 e. The molecule has 23 heavy (non-hydrogen) atoms. The minimum absolute atomic E-state index is 0.0645. The molecular weight excluding hydrogens is 359 g/mol. The number of carbonyl (C=O) groups excluding carboxylic acids is 2. The van der Waals surface area contributed by atoms with E-state index < -0.39 is 9.75 Å². The summed E-state index contributed by atoms with van der Waals surface area (Å²) in [5.74, 6) is -0.458. The second-order valence-electron chi connectivity index (χ2n) is 6.37. The predicted octanol–water partition coefficient (Wildman–Crippen LogP) is 4.34. The van der Waals surface area contributed by atoms with E-state index in [1.54, 1.807) is 37.1 Å². The van der Waals surface area contributed by atoms with Crippen molar-refractivity contribution in [1.29, 1.82) is 0 Å². The number of benzene rings is 1. The zero-order chi connectivity index (χ0) is 17.6. The lowest BCUT2D eigenvalue weighted by Crippen LogP contribution is -2.33. The van der Waals surface area contributed by atoms with Crippen molar-refractivity contribution < 1.29 is 9.59 Å². The van der Waals surface area contributed by atoms with Gasteiger partial charge in [0.05, 0.1) is 16.1 Å². The smallest absolute Gasteiger partial charge is 0.253 e. The van der Waals surface area contributed by atoms with E-state index in [1.165, 1.54) is 0 Å². The van der Waals surface area contributed by atoms with Gasteiger partial charge in [-0.05, 0) is 45.4 Å². The predicted molar refractivity (Wildman–Crippen MR) is 94.5 cm³/mol. The molecule has 0 bridgehead atoms. The van der Waals surface area contributed by atoms with E-state index in [9.17, 15) is 9.59 Å². The minimum atomic E-state index is -1.06. The fraction of sp³-hybridized carbons (Fsp3) is 0.500. The number of amides is 2. The van der Waals surface area contributed by atoms with Crippen LogP contribution in [-0.2, 0) is 4.79 Å². The van der Waals surface area contributed by atoms with Gasteiger partial charge in [0.15, 0.2) is 0 Å². The number of nitrogens with one attached hydrogen (secondary N) is 1. The van der Waals surface area contributed by atoms with Gasteiger partial charge in [-0.1, -0.05) is 11.6 Å². The molecule has 4 nitrogen and oxygen atoms in total. The highest BCUT2D eigenvalue weighted by molar-refractivity contribution is 6.53. The highest BCUT2D eigenvalue weighted by Crippen LogP contribution is 2.64. The number of halogens is 3. The van der Waals surface area contributed by atoms with Gasteiger partial charge < -0.3 is 10.2 Å². The van der Waals surface area contributed by atoms with Crippen molar-refractivity contribution >= 4 is 52.3 Å². The molecule has 1 aliphatic rings. The van der Waals surface area contributed by atoms with Crippen LogP contribution >= 0.6 is 34.8 Å². The first kappa shape index (κ1) is 18.4. The fourth-order valence-corrected chi connectivity index (χ4v) is 2.97. The third-order valence-corrected chi connectivity index (χ3v) is 5.75. The van der Waals surface area contributed by atoms with Crippen molar-refractivity contribution in [3.63, 3.8) is 0 Å². The number of anilines is 1. The molecule has 0 spiro atoms. The Hall–Kier alpha value is -0.970. The molecule has 0 aromatic heterocycles. The standard InChI is InChI=1S/C16H19Cl3N2O2/c1-9(2)21(4)13(22)10-5-6-11(17)12(7-10)20-14(23)15(3)8-16(15,18)19/h5-7,9H,8H2,1-4H3,(H,20,23). The molecular formula is C16H19Cl3N2O2. The van der Waals surface area contributed by atoms with E-state index in [1.807, 2.05) is 13.8 Å². The summed E-state index contributed by atoms with van der Waals surface area (Å²) in [6.07, 6.45) is 0.376. The molecule has 2 amide bonds. The van der Waals surface area contributed by atoms with Gasteiger partial charge in [-0.15, -0.1) is 23.2 Å². The summed E-state index contributed by atoms with van der Waals surface area (Å²) >= 11 is 18.2. The largest absolute Gasteiger partial charge is 0.339 e. The molecule has 1 aromatic carbocycles. The summed E-state index contributed by atoms with van der Waals surface area (Å²) in [4.78, 5) is 26.3. The summed E-state index contributed by atoms with van der Waals surface area (Å²) in [6.45, 7) is 5.54. The van der Waals surface area contributed by atoms with Crippen molar-refractivity contribution in [2.45, 2.75) is 37.6 Å². The Morgan fingerprint density at radius 2 is 1.87 bits per heavy atom. The summed E-state index contributed by atoms with van der Waals surface area (Å²) in [6, 6.07) is 4.85. The molecule has 1 atom stereocenters. The molecule has 1 N–H and O–H groups in total. The van der Waals surface area contributed by atoms with Gasteiger partial charge in [0.1, 0.15) is 4.33 Å². The van der Waals surface area contributed by atoms with Crippen LogP contribution in [0.15, 0.2) is 18.2 Å². The van der Waals surface area contributed by atoms with E-state index in [2.05, 4.69) is 5.32 Å². The summed E-state index contributed by atoms with van der Waals surface area (Å²) < 4.78 is -1.06. The van der Waals surface area contributed by atoms with E-state index in [-0.39, 0.29) is 17.9 Å². The third-order valence-electron chi connectivity index (χ3n) is 4.32. The van der Waals surface area contributed by atoms with Gasteiger partial charge >= 0.3 is 0 Å². The van der Waals surface area contributed by atoms with Crippen LogP contribution in [0.4, 0.5) is 5.69 Å². The zero-order valence-electron chi connectivity index (χ0n) is 13.4. The second-order valence-corrected chi connectivity index (χ2v) is 8.26. The van der Waals surface area contributed by atoms with Crippen molar-refractivity contribution in [3.8, 4) is 0 Å². The Morgan fingerprint density at radius 3 is 2.35 bits per heavy atom. The van der Waals surface area contributed by atoms with Crippen LogP contribution in [0.25, 0.3) is 0 Å². The number of nitrogens with zero attached hydrogens (tertiary/aromatic N) is 1. The van der Waals surface area contributed by atoms with Gasteiger partial charge in [-0.3, -0.25) is 9.59 Å². The van der Waals surface area contributed by atoms with Gasteiger partial charge in [0.2, 0.25) is 5.91 Å². The SMILES string of the molecule is CC(C)N(C)C(=O)c1ccc(Cl)c(NC(=O)C2(C)CC2(Cl)Cl)c1. The van der Waals surface area contributed by atoms with Crippen molar-refractivity contribution in [2.75, 3.05) is 12.4 Å². The average Bonchev–Trinajstić information content (AvgIpc) is 2.99. The Kier molecular flexibility index (Phi) is 4.91. The van der Waals surface area contributed by atoms with Gasteiger partial charge in [-0.2, -0.15) is 0 Å². The molecule has 0 radical (unpaired) electrons. The fourth-order valence-electron chi connectivity index (χ4n) is 2.10. The zero-order valence-corrected chi connectivity index (χ0v) is 15.7. The molecule has 0 aliphatic heterocycles. The molecule has 0 heterocycles. The monoisotopic (exact) mass is 376 g/mol. The molecule has 0 saturated heterocycles. The summed E-state index contributed by atoms with van der Waals surface area (Å²) in [5, 5.41) is 3.07. The maximum absolute atomic E-state index is 12.4. The highest BCUT2D eigenvalue weighted by atomic mass is 35.5. The maximum atomic E-state index is 12.4. The molecule has 126 valence electrons. The lowest BCUT2D eigenvalue weighted by molar-refractivity contribution is -0.120. The molecule has 1 aromatic rings. The molecule has 7 heteroatoms. The number of alkyl halides is 2. The van der Waals surface area contributed by atoms with Crippen molar-refractivity contribution in [2.24, 2.45) is 5.41 Å². The molecule has 1 saturated carbocycles. The number of hydrogen-bond donors (Lipinski definition) is 1. The van der Waals surface area contributed by atoms with Gasteiger partial charge in [0.25, 0.3) is 5.91 Å². The van der Waals surface area contributed by atoms with E-state index in [0.717, 1.165) is 0 Å². The van der Waals surface area contributed by atoms with Crippen LogP contribution in [0.5, 0.6) is 0 Å². The Bertz CT molecular complexity index is 661. The molecule has 1 unspecified atom stereocenters. The van der Waals surface area contributed by atoms with Gasteiger partial charge in [0, 0.05) is 18.7 Å². The first-order valence-corrected chi connectivity index (χ1v) is 8.39. The molecule has 1 aliphatic carbocycles. The van der Waals surface area contributed by atoms with Crippen LogP contribution in [0.3, 0.4) is 0 Å². The van der Waals surface area contributed by atoms with Crippen LogP contribution in [0.2, 0.25) is 5.02 Å². The summed E-state index contributed by atoms with van der Waals surface area (Å²) in [7, 11) is 1.72. The quantitative estimate of drug-likeness (QED) is 0.793. The van der Waals surface area contributed by atoms with E-state index in [4.69, 9.17) is 34.8 Å². The lowest BCUT2D eigenvalue weighted by atomic mass is 10.1. The maximum Gasteiger partial charge on any atom is 0.253 e. The van der Waals surface area contributed by atoms with Crippen LogP contribution in [-0.4, -0.2) is 34.1 Å². The second kappa shape index (κ2) is 6.15. The first-order valence-electron chi connectivity index (χ1n) is 7.25. The van der Waals surface area contributed by atoms with Crippen molar-refractivity contribution in [3.05, 3.63) is 28.8 Å². The highest BCUT2D eigenvalue weighted by Gasteiger charge is 2.67. The Balaban J connectivity index is 2.22. The Labute approximate surface area is 151 Å². The van der Waals surface area contributed by atoms with E-state index in [0.29, 0.717) is 22.7 Å². The number of hydrogen-bond acceptors (Lipinski definition) is 2. The van der Waals surface area contributed by atoms with Crippen LogP contribution in [0.1, 0.15) is 37.6 Å². The normalized spacial score (nSPS) is 21.9. The average molecular weight is 378 g/mol. The Morgan fingerprint density at radius 1 is 1.30 bits per heavy atom. The van der Waals surface area contributed by atoms with Crippen LogP contribution in [0, 0.1) is 5.41 Å². The topological polar surface area (TPSA) is 49.4 Å². The van der Waals surface area contributed by atoms with E-state index >= 15 is 0 Å².